The van der Waals surface area contributed by atoms with Crippen LogP contribution in [0.5, 0.6) is 0 Å². The van der Waals surface area contributed by atoms with Crippen LogP contribution in [-0.2, 0) is 17.4 Å². The summed E-state index contributed by atoms with van der Waals surface area (Å²) in [6.45, 7) is 11.3. The number of ether oxygens (including phenoxy) is 1. The maximum atomic E-state index is 7.13. The summed E-state index contributed by atoms with van der Waals surface area (Å²) in [5, 5.41) is 35.6. The zero-order chi connectivity index (χ0) is 60.9. The molecule has 4 aliphatic rings. The minimum atomic E-state index is -0.0602. The van der Waals surface area contributed by atoms with Gasteiger partial charge in [-0.2, -0.15) is 10.1 Å². The van der Waals surface area contributed by atoms with Crippen molar-refractivity contribution < 1.29 is 56.1 Å². The molecule has 8 heterocycles. The molecule has 0 amide bonds. The Bertz CT molecular complexity index is 2340. The first-order valence-corrected chi connectivity index (χ1v) is 25.7. The molecule has 0 saturated carbocycles. The van der Waals surface area contributed by atoms with Crippen LogP contribution in [0.15, 0.2) is 80.9 Å². The molecule has 0 aromatic carbocycles. The van der Waals surface area contributed by atoms with Crippen molar-refractivity contribution in [2.75, 3.05) is 80.8 Å². The molecule has 2 fully saturated rings. The molecule has 86 heavy (non-hydrogen) atoms. The molecule has 0 unspecified atom stereocenters. The molecule has 29 nitrogen and oxygen atoms in total. The first-order chi connectivity index (χ1) is 37.9. The number of thioether (sulfide) groups is 1. The van der Waals surface area contributed by atoms with Gasteiger partial charge in [-0.1, -0.05) is 71.3 Å². The van der Waals surface area contributed by atoms with Gasteiger partial charge in [0.25, 0.3) is 0 Å². The molecule has 0 atom stereocenters. The molecule has 484 valence electrons. The van der Waals surface area contributed by atoms with Crippen molar-refractivity contribution in [3.05, 3.63) is 74.1 Å². The molecule has 4 aromatic heterocycles. The van der Waals surface area contributed by atoms with Crippen LogP contribution in [0.1, 0.15) is 75.1 Å². The number of thiocyanates is 1. The van der Waals surface area contributed by atoms with Gasteiger partial charge in [-0.05, 0) is 65.2 Å². The second-order valence-corrected chi connectivity index (χ2v) is 15.8. The number of halogens is 2. The van der Waals surface area contributed by atoms with E-state index in [4.69, 9.17) is 56.3 Å². The summed E-state index contributed by atoms with van der Waals surface area (Å²) < 4.78 is 9.63. The number of amidine groups is 2. The molecule has 8 rings (SSSR count). The molecule has 0 bridgehead atoms. The van der Waals surface area contributed by atoms with Crippen LogP contribution in [0, 0.1) is 59.6 Å². The number of thiocarbonyl (C=S) groups is 3. The van der Waals surface area contributed by atoms with Crippen LogP contribution in [0.3, 0.4) is 0 Å². The second-order valence-electron chi connectivity index (χ2n) is 13.2. The van der Waals surface area contributed by atoms with Crippen molar-refractivity contribution in [2.24, 2.45) is 70.8 Å². The van der Waals surface area contributed by atoms with Gasteiger partial charge in [0.15, 0.2) is 28.1 Å². The van der Waals surface area contributed by atoms with Crippen LogP contribution in [0.25, 0.3) is 0 Å². The Morgan fingerprint density at radius 3 is 1.53 bits per heavy atom. The number of H-pyrrole nitrogens is 1. The first kappa shape index (κ1) is 108. The Balaban J connectivity index is -0.0000000697. The standard InChI is InChI=1S/C7H6N4S.C5H10N2.C5H9NO.C4H6N4.C4H9N3.C4H8N2S.C4H6N2S.C4H4N2.C2H7N3.C2H4N2.C2H5NS.CHNS.CH5N.4CH4.ClH.HI.K/c12-7(10-3-1-8-5-10)11-4-2-9-6-11;1-6-5-3-2-4-7-5;1-7-5-3-2-4-6-5;5-4(6)8-3-1-2-7-8;1-5-4-6-2-3-7-4;1-7-4-5-2-3-6-4;1-4(7)6-3-2-5;1-4-5-2-3-6-4;1-5-2(3)4;3-1-2-4;1-2(3)4;2-1-3;1-2;;;;;;;/h1-6H;2-4H2,1H3,(H,6,7);2-4H2,1H3;1-3H,(H3,5,6);2-3H2,1H3,(H2,5,6,7);2-3H2,1H3,(H,5,6);5H2,1H3,(H,6,7);1H3,(H,5,6);1H3,(H4,3,4,5);3-4H2;1H3,(H2,3,4);3H;2H2,1H3;4*1H4;2*1H;/q;;;;;;;;;;;;;;;;;;;+1/p-1. The summed E-state index contributed by atoms with van der Waals surface area (Å²) in [6.07, 6.45) is 25.2. The predicted molar refractivity (Wildman–Crippen MR) is 387 cm³/mol. The smallest absolute Gasteiger partial charge is 0.696 e. The average molecular weight is 1460 g/mol. The number of aryl methyl sites for hydroxylation is 1. The maximum absolute atomic E-state index is 7.13. The van der Waals surface area contributed by atoms with Crippen molar-refractivity contribution >= 4 is 147 Å². The number of nitrogens with one attached hydrogen (secondary N) is 7. The van der Waals surface area contributed by atoms with Gasteiger partial charge in [0.1, 0.15) is 18.5 Å². The van der Waals surface area contributed by atoms with E-state index in [1.165, 1.54) is 42.9 Å². The summed E-state index contributed by atoms with van der Waals surface area (Å²) in [5.41, 5.74) is 37.9. The third-order valence-electron chi connectivity index (χ3n) is 7.41. The SMILES string of the molecule is C.C.C.C.CC(=S)NC#CN.CC(N)=S.CN.CN=C(N)N.CN=C1CCCN1.CN=C1NCCN1.COC1=NCCC1.CSC1=NCCN1.Cc1nc#c[nH]1.Cl.I.N#C[S-].N=C(N)n1cccn1.NC#CN.S=C(n1ccnc1)n1ccnc1.[K+]. The number of hydrogen-bond acceptors (Lipinski definition) is 22. The number of nitrogens with zero attached hydrogens (tertiary/aromatic N) is 13. The predicted octanol–water partition coefficient (Wildman–Crippen LogP) is -0.617. The Morgan fingerprint density at radius 2 is 1.35 bits per heavy atom. The summed E-state index contributed by atoms with van der Waals surface area (Å²) in [5.74, 6) is 3.93. The fourth-order valence-corrected chi connectivity index (χ4v) is 4.95. The minimum Gasteiger partial charge on any atom is -0.696 e. The molecule has 0 radical (unpaired) electrons. The second kappa shape index (κ2) is 83.4. The number of rotatable bonds is 0. The van der Waals surface area contributed by atoms with Crippen LogP contribution >= 0.6 is 84.8 Å². The number of aromatic amines is 1. The number of imidazole rings is 2. The molecular formula is C49H97ClIKN28OS5. The number of nitrogen functional groups attached to an aromatic ring is 1. The number of aromatic nitrogens is 8. The maximum Gasteiger partial charge on any atom is 1.00 e. The van der Waals surface area contributed by atoms with E-state index < -0.39 is 0 Å². The molecular weight excluding hydrogens is 1360 g/mol. The van der Waals surface area contributed by atoms with Gasteiger partial charge in [-0.25, -0.2) is 19.9 Å². The van der Waals surface area contributed by atoms with Gasteiger partial charge >= 0.3 is 51.4 Å². The summed E-state index contributed by atoms with van der Waals surface area (Å²) in [6, 6.07) is 10.2. The fourth-order valence-electron chi connectivity index (χ4n) is 4.21. The molecule has 4 aliphatic heterocycles. The van der Waals surface area contributed by atoms with Crippen molar-refractivity contribution in [3.8, 4) is 29.6 Å². The number of nitriles is 1. The molecule has 2 saturated heterocycles. The van der Waals surface area contributed by atoms with Crippen molar-refractivity contribution in [1.82, 2.24) is 65.4 Å². The zero-order valence-corrected chi connectivity index (χ0v) is 58.3. The van der Waals surface area contributed by atoms with Gasteiger partial charge in [0.05, 0.1) is 35.7 Å². The number of methoxy groups -OCH3 is 1. The van der Waals surface area contributed by atoms with Crippen molar-refractivity contribution in [3.63, 3.8) is 0 Å². The van der Waals surface area contributed by atoms with Crippen LogP contribution < -0.4 is 124 Å². The van der Waals surface area contributed by atoms with E-state index in [1.54, 1.807) is 105 Å². The van der Waals surface area contributed by atoms with E-state index in [-0.39, 0.29) is 129 Å². The Labute approximate surface area is 604 Å². The summed E-state index contributed by atoms with van der Waals surface area (Å²) in [4.78, 5) is 34.7. The largest absolute Gasteiger partial charge is 1.00 e. The number of guanidine groups is 2. The van der Waals surface area contributed by atoms with Crippen molar-refractivity contribution in [1.29, 1.82) is 10.7 Å². The van der Waals surface area contributed by atoms with E-state index in [9.17, 15) is 0 Å². The minimum absolute atomic E-state index is 0. The Hall–Kier alpha value is -5.85. The zero-order valence-electron chi connectivity index (χ0n) is 48.0. The van der Waals surface area contributed by atoms with Gasteiger partial charge in [0.2, 0.25) is 5.96 Å². The molecule has 4 aromatic rings. The number of nitrogens with two attached hydrogens (primary N) is 8. The fraction of sp³-hybridized carbons (Fsp3) is 0.469. The topological polar surface area (TPSA) is 469 Å². The molecule has 0 aliphatic carbocycles. The molecule has 23 N–H and O–H groups in total. The van der Waals surface area contributed by atoms with E-state index in [0.717, 1.165) is 75.0 Å². The van der Waals surface area contributed by atoms with E-state index >= 15 is 0 Å². The normalized spacial score (nSPS) is 10.8. The molecule has 37 heteroatoms. The number of aliphatic imine (C=N–C) groups is 5. The summed E-state index contributed by atoms with van der Waals surface area (Å²) in [7, 11) is 8.30. The Kier molecular flexibility index (Phi) is 105. The van der Waals surface area contributed by atoms with E-state index in [2.05, 4.69) is 155 Å². The summed E-state index contributed by atoms with van der Waals surface area (Å²) >= 11 is 19.4. The van der Waals surface area contributed by atoms with Crippen LogP contribution in [-0.4, -0.2) is 170 Å². The molecule has 0 spiro atoms. The third-order valence-corrected chi connectivity index (χ3v) is 8.59. The third kappa shape index (κ3) is 78.1. The van der Waals surface area contributed by atoms with Gasteiger partial charge in [-0.15, -0.1) is 36.4 Å². The average Bonchev–Trinajstić information content (AvgIpc) is 4.31. The van der Waals surface area contributed by atoms with Gasteiger partial charge in [-0.3, -0.25) is 39.5 Å². The van der Waals surface area contributed by atoms with Crippen LogP contribution in [0.4, 0.5) is 0 Å². The van der Waals surface area contributed by atoms with Crippen LogP contribution in [0.2, 0.25) is 0 Å². The quantitative estimate of drug-likeness (QED) is 0.0120. The van der Waals surface area contributed by atoms with E-state index in [1.807, 2.05) is 32.3 Å². The monoisotopic (exact) mass is 1450 g/mol. The Morgan fingerprint density at radius 1 is 0.826 bits per heavy atom. The number of hydrogen-bond donors (Lipinski definition) is 15. The van der Waals surface area contributed by atoms with Gasteiger partial charge in [0, 0.05) is 134 Å². The first-order valence-electron chi connectivity index (χ1n) is 22.8. The van der Waals surface area contributed by atoms with Crippen molar-refractivity contribution in [2.45, 2.75) is 76.2 Å². The van der Waals surface area contributed by atoms with E-state index in [0.29, 0.717) is 15.1 Å². The van der Waals surface area contributed by atoms with Gasteiger partial charge < -0.3 is 94.8 Å².